The third-order valence-corrected chi connectivity index (χ3v) is 4.48. The molecule has 90 valence electrons. The molecule has 0 atom stereocenters. The summed E-state index contributed by atoms with van der Waals surface area (Å²) in [5.41, 5.74) is 0.602. The zero-order valence-electron chi connectivity index (χ0n) is 8.95. The Kier molecular flexibility index (Phi) is 4.58. The Bertz CT molecular complexity index is 637. The predicted molar refractivity (Wildman–Crippen MR) is 79.4 cm³/mol. The van der Waals surface area contributed by atoms with Crippen LogP contribution in [0.15, 0.2) is 50.7 Å². The van der Waals surface area contributed by atoms with E-state index in [1.807, 2.05) is 12.1 Å². The van der Waals surface area contributed by atoms with Gasteiger partial charge in [-0.2, -0.15) is 5.26 Å². The molecule has 5 heteroatoms. The Labute approximate surface area is 128 Å². The lowest BCUT2D eigenvalue weighted by atomic mass is 10.2. The Morgan fingerprint density at radius 3 is 2.56 bits per heavy atom. The number of nitrogens with zero attached hydrogens (tertiary/aromatic N) is 1. The molecule has 0 unspecified atom stereocenters. The van der Waals surface area contributed by atoms with Gasteiger partial charge in [0.15, 0.2) is 0 Å². The van der Waals surface area contributed by atoms with Crippen molar-refractivity contribution in [3.63, 3.8) is 0 Å². The van der Waals surface area contributed by atoms with Crippen molar-refractivity contribution < 1.29 is 0 Å². The van der Waals surface area contributed by atoms with Crippen molar-refractivity contribution in [2.45, 2.75) is 9.79 Å². The molecule has 18 heavy (non-hydrogen) atoms. The van der Waals surface area contributed by atoms with Gasteiger partial charge in [-0.05, 0) is 36.4 Å². The molecule has 0 spiro atoms. The van der Waals surface area contributed by atoms with E-state index in [-0.39, 0.29) is 0 Å². The summed E-state index contributed by atoms with van der Waals surface area (Å²) in [5, 5.41) is 10.3. The van der Waals surface area contributed by atoms with Crippen molar-refractivity contribution in [3.05, 3.63) is 56.5 Å². The maximum absolute atomic E-state index is 9.10. The van der Waals surface area contributed by atoms with Crippen LogP contribution in [0.4, 0.5) is 0 Å². The molecule has 0 aromatic heterocycles. The molecule has 2 aromatic carbocycles. The van der Waals surface area contributed by atoms with E-state index in [2.05, 4.69) is 22.0 Å². The molecule has 0 radical (unpaired) electrons. The minimum atomic E-state index is 0.602. The molecular formula is C13H6BrCl2NS. The first kappa shape index (κ1) is 13.8. The summed E-state index contributed by atoms with van der Waals surface area (Å²) in [6.07, 6.45) is 0. The lowest BCUT2D eigenvalue weighted by molar-refractivity contribution is 1.34. The van der Waals surface area contributed by atoms with Crippen molar-refractivity contribution in [3.8, 4) is 6.07 Å². The van der Waals surface area contributed by atoms with E-state index in [1.54, 1.807) is 24.3 Å². The van der Waals surface area contributed by atoms with Gasteiger partial charge in [0, 0.05) is 19.3 Å². The molecule has 0 aliphatic carbocycles. The van der Waals surface area contributed by atoms with E-state index in [1.165, 1.54) is 11.8 Å². The largest absolute Gasteiger partial charge is 0.192 e. The fourth-order valence-corrected chi connectivity index (χ4v) is 3.12. The van der Waals surface area contributed by atoms with Crippen LogP contribution in [0.25, 0.3) is 0 Å². The quantitative estimate of drug-likeness (QED) is 0.679. The number of hydrogen-bond acceptors (Lipinski definition) is 2. The number of hydrogen-bond donors (Lipinski definition) is 0. The first-order chi connectivity index (χ1) is 8.60. The highest BCUT2D eigenvalue weighted by molar-refractivity contribution is 9.10. The van der Waals surface area contributed by atoms with Crippen LogP contribution in [-0.4, -0.2) is 0 Å². The standard InChI is InChI=1S/C13H6BrCl2NS/c14-9-1-4-12(8(5-9)7-17)18-13-6-10(15)2-3-11(13)16/h1-6H. The van der Waals surface area contributed by atoms with E-state index < -0.39 is 0 Å². The summed E-state index contributed by atoms with van der Waals surface area (Å²) < 4.78 is 0.876. The molecule has 2 aromatic rings. The van der Waals surface area contributed by atoms with Crippen molar-refractivity contribution >= 4 is 50.9 Å². The Morgan fingerprint density at radius 1 is 1.06 bits per heavy atom. The number of rotatable bonds is 2. The third-order valence-electron chi connectivity index (χ3n) is 2.18. The predicted octanol–water partition coefficient (Wildman–Crippen LogP) is 5.78. The van der Waals surface area contributed by atoms with Crippen LogP contribution in [0.3, 0.4) is 0 Å². The zero-order valence-corrected chi connectivity index (χ0v) is 12.9. The molecule has 1 nitrogen and oxygen atoms in total. The molecule has 0 N–H and O–H groups in total. The topological polar surface area (TPSA) is 23.8 Å². The molecule has 0 saturated heterocycles. The second kappa shape index (κ2) is 5.99. The number of benzene rings is 2. The first-order valence-corrected chi connectivity index (χ1v) is 7.29. The minimum Gasteiger partial charge on any atom is -0.192 e. The molecule has 2 rings (SSSR count). The summed E-state index contributed by atoms with van der Waals surface area (Å²) >= 11 is 16.8. The van der Waals surface area contributed by atoms with E-state index in [4.69, 9.17) is 28.5 Å². The van der Waals surface area contributed by atoms with Gasteiger partial charge in [-0.25, -0.2) is 0 Å². The van der Waals surface area contributed by atoms with Crippen LogP contribution < -0.4 is 0 Å². The maximum Gasteiger partial charge on any atom is 0.100 e. The highest BCUT2D eigenvalue weighted by atomic mass is 79.9. The Hall–Kier alpha value is -0.660. The first-order valence-electron chi connectivity index (χ1n) is 4.92. The van der Waals surface area contributed by atoms with Crippen LogP contribution in [-0.2, 0) is 0 Å². The monoisotopic (exact) mass is 357 g/mol. The summed E-state index contributed by atoms with van der Waals surface area (Å²) in [5.74, 6) is 0. The SMILES string of the molecule is N#Cc1cc(Br)ccc1Sc1cc(Cl)ccc1Cl. The van der Waals surface area contributed by atoms with Gasteiger partial charge < -0.3 is 0 Å². The fourth-order valence-electron chi connectivity index (χ4n) is 1.35. The van der Waals surface area contributed by atoms with Crippen LogP contribution in [0.1, 0.15) is 5.56 Å². The lowest BCUT2D eigenvalue weighted by Crippen LogP contribution is -1.82. The van der Waals surface area contributed by atoms with E-state index in [0.717, 1.165) is 14.3 Å². The Morgan fingerprint density at radius 2 is 1.83 bits per heavy atom. The fraction of sp³-hybridized carbons (Fsp3) is 0. The van der Waals surface area contributed by atoms with Gasteiger partial charge in [-0.1, -0.05) is 50.9 Å². The summed E-state index contributed by atoms with van der Waals surface area (Å²) in [6, 6.07) is 13.0. The average Bonchev–Trinajstić information content (AvgIpc) is 2.36. The van der Waals surface area contributed by atoms with Crippen LogP contribution >= 0.6 is 50.9 Å². The minimum absolute atomic E-state index is 0.602. The molecule has 0 saturated carbocycles. The van der Waals surface area contributed by atoms with Gasteiger partial charge in [0.25, 0.3) is 0 Å². The smallest absolute Gasteiger partial charge is 0.100 e. The van der Waals surface area contributed by atoms with Gasteiger partial charge >= 0.3 is 0 Å². The number of halogens is 3. The van der Waals surface area contributed by atoms with Gasteiger partial charge in [-0.15, -0.1) is 0 Å². The second-order valence-electron chi connectivity index (χ2n) is 3.43. The summed E-state index contributed by atoms with van der Waals surface area (Å²) in [7, 11) is 0. The van der Waals surface area contributed by atoms with Crippen molar-refractivity contribution in [1.29, 1.82) is 5.26 Å². The summed E-state index contributed by atoms with van der Waals surface area (Å²) in [6.45, 7) is 0. The van der Waals surface area contributed by atoms with E-state index in [0.29, 0.717) is 15.6 Å². The van der Waals surface area contributed by atoms with Crippen LogP contribution in [0.2, 0.25) is 10.0 Å². The molecule has 0 amide bonds. The molecule has 0 heterocycles. The third kappa shape index (κ3) is 3.21. The lowest BCUT2D eigenvalue weighted by Gasteiger charge is -2.06. The zero-order chi connectivity index (χ0) is 13.1. The highest BCUT2D eigenvalue weighted by Gasteiger charge is 2.08. The highest BCUT2D eigenvalue weighted by Crippen LogP contribution is 2.37. The maximum atomic E-state index is 9.10. The molecule has 0 aliphatic heterocycles. The second-order valence-corrected chi connectivity index (χ2v) is 6.27. The summed E-state index contributed by atoms with van der Waals surface area (Å²) in [4.78, 5) is 1.69. The Balaban J connectivity index is 2.40. The van der Waals surface area contributed by atoms with E-state index >= 15 is 0 Å². The molecular weight excluding hydrogens is 353 g/mol. The van der Waals surface area contributed by atoms with Gasteiger partial charge in [0.1, 0.15) is 6.07 Å². The molecule has 0 bridgehead atoms. The molecule has 0 fully saturated rings. The normalized spacial score (nSPS) is 10.1. The molecule has 0 aliphatic rings. The average molecular weight is 359 g/mol. The van der Waals surface area contributed by atoms with E-state index in [9.17, 15) is 0 Å². The van der Waals surface area contributed by atoms with Crippen molar-refractivity contribution in [2.24, 2.45) is 0 Å². The number of nitriles is 1. The van der Waals surface area contributed by atoms with Gasteiger partial charge in [0.2, 0.25) is 0 Å². The van der Waals surface area contributed by atoms with Crippen LogP contribution in [0, 0.1) is 11.3 Å². The van der Waals surface area contributed by atoms with Crippen LogP contribution in [0.5, 0.6) is 0 Å². The van der Waals surface area contributed by atoms with Gasteiger partial charge in [0.05, 0.1) is 10.6 Å². The van der Waals surface area contributed by atoms with Gasteiger partial charge in [-0.3, -0.25) is 0 Å². The van der Waals surface area contributed by atoms with Crippen molar-refractivity contribution in [1.82, 2.24) is 0 Å². The van der Waals surface area contributed by atoms with Crippen molar-refractivity contribution in [2.75, 3.05) is 0 Å².